The van der Waals surface area contributed by atoms with Crippen molar-refractivity contribution in [2.45, 2.75) is 13.0 Å². The number of carbonyl (C=O) groups is 1. The summed E-state index contributed by atoms with van der Waals surface area (Å²) in [4.78, 5) is 31.8. The maximum atomic E-state index is 13.2. The van der Waals surface area contributed by atoms with Gasteiger partial charge in [-0.25, -0.2) is 9.79 Å². The van der Waals surface area contributed by atoms with Crippen LogP contribution in [0.5, 0.6) is 0 Å². The molecule has 1 atom stereocenters. The van der Waals surface area contributed by atoms with Crippen LogP contribution in [0.4, 0.5) is 0 Å². The Bertz CT molecular complexity index is 1250. The van der Waals surface area contributed by atoms with Gasteiger partial charge in [0.2, 0.25) is 0 Å². The number of methoxy groups -OCH3 is 1. The summed E-state index contributed by atoms with van der Waals surface area (Å²) in [5, 5.41) is 2.54. The minimum Gasteiger partial charge on any atom is -0.466 e. The summed E-state index contributed by atoms with van der Waals surface area (Å²) >= 11 is 8.89. The van der Waals surface area contributed by atoms with E-state index in [-0.39, 0.29) is 5.56 Å². The van der Waals surface area contributed by atoms with Crippen molar-refractivity contribution in [3.63, 3.8) is 0 Å². The fraction of sp³-hybridized carbons (Fsp3) is 0.150. The fourth-order valence-electron chi connectivity index (χ4n) is 3.16. The lowest BCUT2D eigenvalue weighted by atomic mass is 9.96. The number of allylic oxidation sites excluding steroid dienone is 1. The Balaban J connectivity index is 2.00. The van der Waals surface area contributed by atoms with E-state index < -0.39 is 12.0 Å². The monoisotopic (exact) mass is 430 g/mol. The van der Waals surface area contributed by atoms with E-state index in [4.69, 9.17) is 16.3 Å². The van der Waals surface area contributed by atoms with Crippen molar-refractivity contribution >= 4 is 46.3 Å². The van der Waals surface area contributed by atoms with Gasteiger partial charge in [-0.05, 0) is 42.1 Å². The van der Waals surface area contributed by atoms with Gasteiger partial charge < -0.3 is 4.74 Å². The molecular weight excluding hydrogens is 416 g/mol. The number of thiophene rings is 1. The van der Waals surface area contributed by atoms with Crippen LogP contribution >= 0.6 is 34.3 Å². The Labute approximate surface area is 173 Å². The summed E-state index contributed by atoms with van der Waals surface area (Å²) in [7, 11) is 1.32. The molecule has 8 heteroatoms. The lowest BCUT2D eigenvalue weighted by Crippen LogP contribution is -2.39. The zero-order valence-corrected chi connectivity index (χ0v) is 17.4. The largest absolute Gasteiger partial charge is 0.466 e. The number of thiazole rings is 1. The van der Waals surface area contributed by atoms with E-state index >= 15 is 0 Å². The SMILES string of the molecule is COC(=O)C1=C(C)N=c2s/c(=C\c3cccs3)c(=O)n2[C@@H]1c1ccc(Cl)cc1. The molecule has 28 heavy (non-hydrogen) atoms. The molecule has 0 fully saturated rings. The van der Waals surface area contributed by atoms with Crippen LogP contribution in [0.1, 0.15) is 23.4 Å². The molecule has 0 unspecified atom stereocenters. The van der Waals surface area contributed by atoms with Crippen molar-refractivity contribution < 1.29 is 9.53 Å². The van der Waals surface area contributed by atoms with Crippen molar-refractivity contribution in [3.05, 3.63) is 88.2 Å². The quantitative estimate of drug-likeness (QED) is 0.600. The number of aromatic nitrogens is 1. The Morgan fingerprint density at radius 3 is 2.68 bits per heavy atom. The summed E-state index contributed by atoms with van der Waals surface area (Å²) in [6, 6.07) is 10.4. The zero-order valence-electron chi connectivity index (χ0n) is 15.0. The second-order valence-corrected chi connectivity index (χ2v) is 8.57. The van der Waals surface area contributed by atoms with Crippen molar-refractivity contribution in [2.75, 3.05) is 7.11 Å². The molecule has 0 aliphatic carbocycles. The third-order valence-corrected chi connectivity index (χ3v) is 6.48. The van der Waals surface area contributed by atoms with Crippen LogP contribution in [0.2, 0.25) is 5.02 Å². The molecule has 3 aromatic rings. The van der Waals surface area contributed by atoms with Gasteiger partial charge in [-0.3, -0.25) is 9.36 Å². The zero-order chi connectivity index (χ0) is 19.8. The highest BCUT2D eigenvalue weighted by Crippen LogP contribution is 2.31. The van der Waals surface area contributed by atoms with E-state index in [1.807, 2.05) is 35.7 Å². The standard InChI is InChI=1S/C20H15ClN2O3S2/c1-11-16(19(25)26-2)17(12-5-7-13(21)8-6-12)23-18(24)15(28-20(23)22-11)10-14-4-3-9-27-14/h3-10,17H,1-2H3/b15-10-/t17-/m1/s1. The van der Waals surface area contributed by atoms with E-state index in [9.17, 15) is 9.59 Å². The number of rotatable bonds is 3. The lowest BCUT2D eigenvalue weighted by Gasteiger charge is -2.24. The molecule has 142 valence electrons. The first-order valence-corrected chi connectivity index (χ1v) is 10.5. The normalized spacial score (nSPS) is 16.7. The Hall–Kier alpha value is -2.48. The number of fused-ring (bicyclic) bond motifs is 1. The van der Waals surface area contributed by atoms with Gasteiger partial charge in [0.25, 0.3) is 5.56 Å². The Morgan fingerprint density at radius 2 is 2.04 bits per heavy atom. The minimum atomic E-state index is -0.619. The van der Waals surface area contributed by atoms with E-state index in [1.54, 1.807) is 35.0 Å². The second kappa shape index (κ2) is 7.50. The summed E-state index contributed by atoms with van der Waals surface area (Å²) in [5.74, 6) is -0.506. The molecule has 1 aliphatic rings. The highest BCUT2D eigenvalue weighted by molar-refractivity contribution is 7.11. The molecule has 0 bridgehead atoms. The highest BCUT2D eigenvalue weighted by Gasteiger charge is 2.32. The summed E-state index contributed by atoms with van der Waals surface area (Å²) < 4.78 is 7.11. The van der Waals surface area contributed by atoms with Gasteiger partial charge in [0.1, 0.15) is 0 Å². The molecule has 0 saturated carbocycles. The number of carbonyl (C=O) groups excluding carboxylic acids is 1. The van der Waals surface area contributed by atoms with E-state index in [1.165, 1.54) is 18.4 Å². The van der Waals surface area contributed by atoms with Crippen LogP contribution in [-0.4, -0.2) is 17.6 Å². The molecule has 0 radical (unpaired) electrons. The van der Waals surface area contributed by atoms with Gasteiger partial charge in [0.15, 0.2) is 4.80 Å². The maximum Gasteiger partial charge on any atom is 0.338 e. The summed E-state index contributed by atoms with van der Waals surface area (Å²) in [5.41, 5.74) is 1.46. The molecule has 1 aliphatic heterocycles. The Kier molecular flexibility index (Phi) is 5.05. The van der Waals surface area contributed by atoms with Gasteiger partial charge in [-0.15, -0.1) is 11.3 Å². The fourth-order valence-corrected chi connectivity index (χ4v) is 5.05. The lowest BCUT2D eigenvalue weighted by molar-refractivity contribution is -0.136. The van der Waals surface area contributed by atoms with Gasteiger partial charge >= 0.3 is 5.97 Å². The molecule has 1 aromatic carbocycles. The van der Waals surface area contributed by atoms with Gasteiger partial charge in [0, 0.05) is 9.90 Å². The van der Waals surface area contributed by atoms with Crippen molar-refractivity contribution in [1.82, 2.24) is 4.57 Å². The number of esters is 1. The van der Waals surface area contributed by atoms with Crippen molar-refractivity contribution in [1.29, 1.82) is 0 Å². The molecule has 0 saturated heterocycles. The van der Waals surface area contributed by atoms with Crippen LogP contribution in [0.25, 0.3) is 6.08 Å². The highest BCUT2D eigenvalue weighted by atomic mass is 35.5. The van der Waals surface area contributed by atoms with Crippen LogP contribution in [0.3, 0.4) is 0 Å². The third-order valence-electron chi connectivity index (χ3n) is 4.43. The minimum absolute atomic E-state index is 0.189. The van der Waals surface area contributed by atoms with Gasteiger partial charge in [-0.2, -0.15) is 0 Å². The molecule has 5 nitrogen and oxygen atoms in total. The average Bonchev–Trinajstić information content (AvgIpc) is 3.29. The predicted molar refractivity (Wildman–Crippen MR) is 112 cm³/mol. The number of hydrogen-bond acceptors (Lipinski definition) is 6. The van der Waals surface area contributed by atoms with Crippen LogP contribution < -0.4 is 14.9 Å². The second-order valence-electron chi connectivity index (χ2n) is 6.14. The van der Waals surface area contributed by atoms with Gasteiger partial charge in [-0.1, -0.05) is 41.1 Å². The molecule has 0 N–H and O–H groups in total. The Morgan fingerprint density at radius 1 is 1.29 bits per heavy atom. The maximum absolute atomic E-state index is 13.2. The van der Waals surface area contributed by atoms with Crippen LogP contribution in [0.15, 0.2) is 62.8 Å². The topological polar surface area (TPSA) is 60.7 Å². The van der Waals surface area contributed by atoms with Crippen LogP contribution in [-0.2, 0) is 9.53 Å². The third kappa shape index (κ3) is 3.26. The molecular formula is C20H15ClN2O3S2. The molecule has 0 spiro atoms. The summed E-state index contributed by atoms with van der Waals surface area (Å²) in [6.07, 6.45) is 1.85. The predicted octanol–water partition coefficient (Wildman–Crippen LogP) is 3.12. The first kappa shape index (κ1) is 18.9. The van der Waals surface area contributed by atoms with Crippen LogP contribution in [0, 0.1) is 0 Å². The number of benzene rings is 1. The average molecular weight is 431 g/mol. The molecule has 4 rings (SSSR count). The van der Waals surface area contributed by atoms with E-state index in [2.05, 4.69) is 4.99 Å². The molecule has 2 aromatic heterocycles. The van der Waals surface area contributed by atoms with E-state index in [0.717, 1.165) is 10.4 Å². The van der Waals surface area contributed by atoms with Crippen molar-refractivity contribution in [3.8, 4) is 0 Å². The molecule has 3 heterocycles. The molecule has 0 amide bonds. The van der Waals surface area contributed by atoms with Gasteiger partial charge in [0.05, 0.1) is 29.0 Å². The van der Waals surface area contributed by atoms with Crippen molar-refractivity contribution in [2.24, 2.45) is 4.99 Å². The first-order chi connectivity index (χ1) is 13.5. The summed E-state index contributed by atoms with van der Waals surface area (Å²) in [6.45, 7) is 1.76. The first-order valence-electron chi connectivity index (χ1n) is 8.39. The number of hydrogen-bond donors (Lipinski definition) is 0. The van der Waals surface area contributed by atoms with E-state index in [0.29, 0.717) is 25.6 Å². The smallest absolute Gasteiger partial charge is 0.338 e. The number of halogens is 1. The number of nitrogens with zero attached hydrogens (tertiary/aromatic N) is 2. The number of ether oxygens (including phenoxy) is 1.